The standard InChI is InChI=1S/C56H30S2/c1-2-9-36-31(8-1)17-27-52-54(36)46-24-23-45-40-20-16-32(28-47(40)39-12-5-6-13-43(39)55(45)56(46)58-52)33-18-25-50-48(29-33)49-30-34(19-26-51(49)57-50)35-21-22-44-38-11-4-3-10-37(38)42-15-7-14-41(35)53(42)44/h1-30H. The van der Waals surface area contributed by atoms with Crippen molar-refractivity contribution in [2.75, 3.05) is 0 Å². The minimum Gasteiger partial charge on any atom is -0.135 e. The highest BCUT2D eigenvalue weighted by molar-refractivity contribution is 7.27. The van der Waals surface area contributed by atoms with Gasteiger partial charge in [0.2, 0.25) is 0 Å². The molecule has 0 bridgehead atoms. The Labute approximate surface area is 341 Å². The van der Waals surface area contributed by atoms with Crippen LogP contribution in [0.4, 0.5) is 0 Å². The normalized spacial score (nSPS) is 12.5. The Morgan fingerprint density at radius 3 is 1.64 bits per heavy atom. The molecule has 0 nitrogen and oxygen atoms in total. The van der Waals surface area contributed by atoms with Crippen LogP contribution in [-0.4, -0.2) is 0 Å². The highest BCUT2D eigenvalue weighted by Gasteiger charge is 2.23. The molecule has 2 aromatic heterocycles. The van der Waals surface area contributed by atoms with Crippen LogP contribution in [0.1, 0.15) is 0 Å². The van der Waals surface area contributed by atoms with Gasteiger partial charge in [0.15, 0.2) is 0 Å². The Balaban J connectivity index is 0.941. The summed E-state index contributed by atoms with van der Waals surface area (Å²) in [6, 6.07) is 68.8. The third-order valence-electron chi connectivity index (χ3n) is 13.0. The molecule has 0 spiro atoms. The zero-order valence-electron chi connectivity index (χ0n) is 31.1. The third-order valence-corrected chi connectivity index (χ3v) is 15.3. The van der Waals surface area contributed by atoms with Crippen molar-refractivity contribution in [3.05, 3.63) is 182 Å². The van der Waals surface area contributed by atoms with E-state index in [1.54, 1.807) is 0 Å². The van der Waals surface area contributed by atoms with Gasteiger partial charge in [-0.1, -0.05) is 146 Å². The maximum Gasteiger partial charge on any atom is 0.0440 e. The fraction of sp³-hybridized carbons (Fsp3) is 0. The van der Waals surface area contributed by atoms with Crippen molar-refractivity contribution in [3.8, 4) is 44.5 Å². The van der Waals surface area contributed by atoms with Crippen molar-refractivity contribution in [1.29, 1.82) is 0 Å². The van der Waals surface area contributed by atoms with Crippen molar-refractivity contribution in [1.82, 2.24) is 0 Å². The van der Waals surface area contributed by atoms with Crippen molar-refractivity contribution in [2.45, 2.75) is 0 Å². The second kappa shape index (κ2) is 11.4. The van der Waals surface area contributed by atoms with E-state index in [0.717, 1.165) is 0 Å². The van der Waals surface area contributed by atoms with Crippen LogP contribution in [0.25, 0.3) is 139 Å². The van der Waals surface area contributed by atoms with Gasteiger partial charge >= 0.3 is 0 Å². The van der Waals surface area contributed by atoms with E-state index in [1.165, 1.54) is 139 Å². The van der Waals surface area contributed by atoms with E-state index in [4.69, 9.17) is 0 Å². The molecule has 2 heteroatoms. The Hall–Kier alpha value is -6.84. The largest absolute Gasteiger partial charge is 0.135 e. The number of fused-ring (bicyclic) bond motifs is 18. The molecule has 1 aliphatic carbocycles. The summed E-state index contributed by atoms with van der Waals surface area (Å²) in [6.45, 7) is 0. The van der Waals surface area contributed by atoms with Crippen molar-refractivity contribution < 1.29 is 0 Å². The van der Waals surface area contributed by atoms with Crippen LogP contribution < -0.4 is 0 Å². The Morgan fingerprint density at radius 1 is 0.241 bits per heavy atom. The molecule has 13 aromatic rings. The van der Waals surface area contributed by atoms with Crippen LogP contribution in [0.15, 0.2) is 182 Å². The zero-order valence-corrected chi connectivity index (χ0v) is 32.8. The van der Waals surface area contributed by atoms with Gasteiger partial charge in [-0.15, -0.1) is 22.7 Å². The van der Waals surface area contributed by atoms with E-state index < -0.39 is 0 Å². The summed E-state index contributed by atoms with van der Waals surface area (Å²) in [5.74, 6) is 0. The predicted molar refractivity (Wildman–Crippen MR) is 255 cm³/mol. The van der Waals surface area contributed by atoms with Crippen molar-refractivity contribution in [3.63, 3.8) is 0 Å². The number of hydrogen-bond donors (Lipinski definition) is 0. The molecule has 0 aliphatic heterocycles. The molecule has 0 radical (unpaired) electrons. The van der Waals surface area contributed by atoms with E-state index in [1.807, 2.05) is 22.7 Å². The van der Waals surface area contributed by atoms with Crippen LogP contribution in [0.3, 0.4) is 0 Å². The summed E-state index contributed by atoms with van der Waals surface area (Å²) < 4.78 is 5.37. The summed E-state index contributed by atoms with van der Waals surface area (Å²) >= 11 is 3.82. The van der Waals surface area contributed by atoms with E-state index in [2.05, 4.69) is 182 Å². The molecule has 0 saturated heterocycles. The lowest BCUT2D eigenvalue weighted by molar-refractivity contribution is 1.69. The van der Waals surface area contributed by atoms with E-state index in [-0.39, 0.29) is 0 Å². The quantitative estimate of drug-likeness (QED) is 0.154. The predicted octanol–water partition coefficient (Wildman–Crippen LogP) is 17.2. The molecule has 0 saturated carbocycles. The smallest absolute Gasteiger partial charge is 0.0440 e. The fourth-order valence-electron chi connectivity index (χ4n) is 10.4. The van der Waals surface area contributed by atoms with Gasteiger partial charge < -0.3 is 0 Å². The first-order valence-electron chi connectivity index (χ1n) is 20.0. The van der Waals surface area contributed by atoms with Crippen LogP contribution in [0, 0.1) is 0 Å². The number of benzene rings is 11. The van der Waals surface area contributed by atoms with Crippen LogP contribution in [0.5, 0.6) is 0 Å². The highest BCUT2D eigenvalue weighted by atomic mass is 32.1. The van der Waals surface area contributed by atoms with Crippen LogP contribution in [0.2, 0.25) is 0 Å². The third kappa shape index (κ3) is 4.13. The molecule has 0 fully saturated rings. The number of hydrogen-bond acceptors (Lipinski definition) is 2. The number of thiophene rings is 2. The molecule has 0 unspecified atom stereocenters. The first kappa shape index (κ1) is 31.3. The molecule has 0 amide bonds. The van der Waals surface area contributed by atoms with Gasteiger partial charge in [-0.2, -0.15) is 0 Å². The SMILES string of the molecule is c1ccc2c(c1)-c1cccc3c(-c4ccc5sc6ccc(-c7ccc8c(c7)c7ccccc7c7c8ccc8c7sc7ccc9ccccc9c78)cc6c5c4)ccc-2c13. The van der Waals surface area contributed by atoms with E-state index in [9.17, 15) is 0 Å². The molecule has 2 heterocycles. The average molecular weight is 767 g/mol. The fourth-order valence-corrected chi connectivity index (χ4v) is 12.8. The summed E-state index contributed by atoms with van der Waals surface area (Å²) in [7, 11) is 0. The Morgan fingerprint density at radius 2 is 0.793 bits per heavy atom. The minimum atomic E-state index is 1.25. The second-order valence-electron chi connectivity index (χ2n) is 15.9. The van der Waals surface area contributed by atoms with Gasteiger partial charge in [0.25, 0.3) is 0 Å². The van der Waals surface area contributed by atoms with Crippen molar-refractivity contribution in [2.24, 2.45) is 0 Å². The Bertz CT molecular complexity index is 3920. The molecule has 0 N–H and O–H groups in total. The minimum absolute atomic E-state index is 1.25. The van der Waals surface area contributed by atoms with Gasteiger partial charge in [-0.05, 0) is 129 Å². The van der Waals surface area contributed by atoms with Gasteiger partial charge in [0, 0.05) is 45.7 Å². The first-order valence-corrected chi connectivity index (χ1v) is 21.6. The first-order chi connectivity index (χ1) is 28.7. The number of rotatable bonds is 2. The Kier molecular flexibility index (Phi) is 6.14. The highest BCUT2D eigenvalue weighted by Crippen LogP contribution is 2.50. The second-order valence-corrected chi connectivity index (χ2v) is 18.0. The monoisotopic (exact) mass is 766 g/mol. The summed E-state index contributed by atoms with van der Waals surface area (Å²) in [5, 5.41) is 18.6. The average Bonchev–Trinajstić information content (AvgIpc) is 3.96. The maximum atomic E-state index is 2.44. The lowest BCUT2D eigenvalue weighted by atomic mass is 9.90. The molecule has 1 aliphatic rings. The molecule has 266 valence electrons. The zero-order chi connectivity index (χ0) is 37.6. The molecule has 11 aromatic carbocycles. The lowest BCUT2D eigenvalue weighted by Gasteiger charge is -2.13. The molecule has 14 rings (SSSR count). The lowest BCUT2D eigenvalue weighted by Crippen LogP contribution is -1.86. The molecule has 58 heavy (non-hydrogen) atoms. The van der Waals surface area contributed by atoms with Crippen molar-refractivity contribution >= 4 is 117 Å². The molecular formula is C56H30S2. The summed E-state index contributed by atoms with van der Waals surface area (Å²) in [4.78, 5) is 0. The summed E-state index contributed by atoms with van der Waals surface area (Å²) in [6.07, 6.45) is 0. The van der Waals surface area contributed by atoms with E-state index >= 15 is 0 Å². The molecular weight excluding hydrogens is 737 g/mol. The van der Waals surface area contributed by atoms with Gasteiger partial charge in [0.1, 0.15) is 0 Å². The van der Waals surface area contributed by atoms with E-state index in [0.29, 0.717) is 0 Å². The van der Waals surface area contributed by atoms with Crippen LogP contribution in [-0.2, 0) is 0 Å². The summed E-state index contributed by atoms with van der Waals surface area (Å²) in [5.41, 5.74) is 10.4. The van der Waals surface area contributed by atoms with Gasteiger partial charge in [-0.3, -0.25) is 0 Å². The van der Waals surface area contributed by atoms with Gasteiger partial charge in [0.05, 0.1) is 0 Å². The van der Waals surface area contributed by atoms with Crippen LogP contribution >= 0.6 is 22.7 Å². The topological polar surface area (TPSA) is 0 Å². The van der Waals surface area contributed by atoms with Gasteiger partial charge in [-0.25, -0.2) is 0 Å². The maximum absolute atomic E-state index is 2.44. The molecule has 0 atom stereocenters.